The molecule has 0 spiro atoms. The van der Waals surface area contributed by atoms with Gasteiger partial charge in [-0.05, 0) is 36.8 Å². The highest BCUT2D eigenvalue weighted by atomic mass is 35.5. The second kappa shape index (κ2) is 5.91. The van der Waals surface area contributed by atoms with Crippen molar-refractivity contribution in [3.8, 4) is 0 Å². The van der Waals surface area contributed by atoms with E-state index in [4.69, 9.17) is 11.6 Å². The largest absolute Gasteiger partial charge is 0.145 e. The molecule has 15 heavy (non-hydrogen) atoms. The topological polar surface area (TPSA) is 0 Å². The van der Waals surface area contributed by atoms with Crippen LogP contribution in [0.3, 0.4) is 0 Å². The average Bonchev–Trinajstić information content (AvgIpc) is 2.66. The number of hydrogen-bond acceptors (Lipinski definition) is 1. The van der Waals surface area contributed by atoms with Gasteiger partial charge in [0.1, 0.15) is 0 Å². The van der Waals surface area contributed by atoms with Crippen LogP contribution in [0.15, 0.2) is 12.1 Å². The van der Waals surface area contributed by atoms with Gasteiger partial charge in [0.2, 0.25) is 0 Å². The van der Waals surface area contributed by atoms with E-state index in [-0.39, 0.29) is 5.41 Å². The van der Waals surface area contributed by atoms with Crippen LogP contribution in [0.25, 0.3) is 0 Å². The van der Waals surface area contributed by atoms with Crippen LogP contribution in [-0.2, 0) is 12.8 Å². The fourth-order valence-electron chi connectivity index (χ4n) is 1.93. The van der Waals surface area contributed by atoms with Crippen molar-refractivity contribution in [2.45, 2.75) is 46.5 Å². The smallest absolute Gasteiger partial charge is 0.0280 e. The maximum absolute atomic E-state index is 6.08. The van der Waals surface area contributed by atoms with Gasteiger partial charge in [0, 0.05) is 15.6 Å². The number of rotatable bonds is 6. The maximum atomic E-state index is 6.08. The van der Waals surface area contributed by atoms with Gasteiger partial charge in [-0.2, -0.15) is 0 Å². The first-order valence-electron chi connectivity index (χ1n) is 5.77. The summed E-state index contributed by atoms with van der Waals surface area (Å²) in [5.74, 6) is 0.764. The molecule has 0 fully saturated rings. The quantitative estimate of drug-likeness (QED) is 0.625. The monoisotopic (exact) mass is 244 g/mol. The van der Waals surface area contributed by atoms with E-state index in [2.05, 4.69) is 32.9 Å². The molecule has 1 heterocycles. The highest BCUT2D eigenvalue weighted by Crippen LogP contribution is 2.32. The average molecular weight is 245 g/mol. The van der Waals surface area contributed by atoms with Crippen LogP contribution in [0, 0.1) is 5.41 Å². The summed E-state index contributed by atoms with van der Waals surface area (Å²) in [6.07, 6.45) is 4.72. The van der Waals surface area contributed by atoms with Crippen molar-refractivity contribution in [3.05, 3.63) is 21.9 Å². The second-order valence-corrected chi connectivity index (χ2v) is 6.11. The fraction of sp³-hybridized carbons (Fsp3) is 0.692. The molecule has 0 bridgehead atoms. The molecule has 0 saturated carbocycles. The predicted molar refractivity (Wildman–Crippen MR) is 71.1 cm³/mol. The molecule has 0 aliphatic rings. The Balaban J connectivity index is 2.65. The summed E-state index contributed by atoms with van der Waals surface area (Å²) >= 11 is 8.03. The minimum absolute atomic E-state index is 0.284. The lowest BCUT2D eigenvalue weighted by molar-refractivity contribution is 0.337. The van der Waals surface area contributed by atoms with Gasteiger partial charge in [-0.15, -0.1) is 22.9 Å². The van der Waals surface area contributed by atoms with Crippen LogP contribution in [0.5, 0.6) is 0 Å². The standard InChI is InChI=1S/C13H21ClS/c1-4-8-13(3,10-14)9-12-7-6-11(5-2)15-12/h6-7H,4-5,8-10H2,1-3H3. The van der Waals surface area contributed by atoms with Gasteiger partial charge in [0.25, 0.3) is 0 Å². The van der Waals surface area contributed by atoms with Gasteiger partial charge in [-0.1, -0.05) is 27.2 Å². The van der Waals surface area contributed by atoms with E-state index in [1.54, 1.807) is 0 Å². The third-order valence-corrected chi connectivity index (χ3v) is 4.72. The highest BCUT2D eigenvalue weighted by Gasteiger charge is 2.23. The molecule has 0 aliphatic heterocycles. The minimum atomic E-state index is 0.284. The van der Waals surface area contributed by atoms with Crippen molar-refractivity contribution in [2.24, 2.45) is 5.41 Å². The molecule has 1 unspecified atom stereocenters. The van der Waals surface area contributed by atoms with E-state index in [9.17, 15) is 0 Å². The molecular weight excluding hydrogens is 224 g/mol. The third-order valence-electron chi connectivity index (χ3n) is 2.84. The Morgan fingerprint density at radius 1 is 1.27 bits per heavy atom. The Kier molecular flexibility index (Phi) is 5.14. The van der Waals surface area contributed by atoms with E-state index >= 15 is 0 Å². The molecule has 1 aromatic rings. The molecule has 0 aromatic carbocycles. The van der Waals surface area contributed by atoms with Gasteiger partial charge in [0.05, 0.1) is 0 Å². The van der Waals surface area contributed by atoms with Crippen LogP contribution in [0.4, 0.5) is 0 Å². The van der Waals surface area contributed by atoms with Crippen LogP contribution in [0.2, 0.25) is 0 Å². The second-order valence-electron chi connectivity index (χ2n) is 4.59. The first-order valence-corrected chi connectivity index (χ1v) is 7.12. The molecule has 0 nitrogen and oxygen atoms in total. The zero-order chi connectivity index (χ0) is 11.3. The molecule has 1 atom stereocenters. The lowest BCUT2D eigenvalue weighted by Crippen LogP contribution is -2.20. The molecule has 86 valence electrons. The van der Waals surface area contributed by atoms with Crippen molar-refractivity contribution in [1.82, 2.24) is 0 Å². The number of halogens is 1. The molecule has 1 rings (SSSR count). The Morgan fingerprint density at radius 2 is 1.93 bits per heavy atom. The first-order chi connectivity index (χ1) is 7.13. The number of alkyl halides is 1. The van der Waals surface area contributed by atoms with Gasteiger partial charge in [-0.25, -0.2) is 0 Å². The number of aryl methyl sites for hydroxylation is 1. The minimum Gasteiger partial charge on any atom is -0.145 e. The first kappa shape index (κ1) is 13.1. The molecule has 0 aliphatic carbocycles. The van der Waals surface area contributed by atoms with Crippen molar-refractivity contribution in [1.29, 1.82) is 0 Å². The summed E-state index contributed by atoms with van der Waals surface area (Å²) in [6, 6.07) is 4.52. The molecule has 0 saturated heterocycles. The SMILES string of the molecule is CCCC(C)(CCl)Cc1ccc(CC)s1. The molecule has 0 N–H and O–H groups in total. The molecule has 1 aromatic heterocycles. The van der Waals surface area contributed by atoms with E-state index in [0.29, 0.717) is 0 Å². The summed E-state index contributed by atoms with van der Waals surface area (Å²) in [7, 11) is 0. The maximum Gasteiger partial charge on any atom is 0.0280 e. The normalized spacial score (nSPS) is 15.2. The van der Waals surface area contributed by atoms with Crippen molar-refractivity contribution in [2.75, 3.05) is 5.88 Å². The van der Waals surface area contributed by atoms with Crippen molar-refractivity contribution >= 4 is 22.9 Å². The van der Waals surface area contributed by atoms with Gasteiger partial charge < -0.3 is 0 Å². The fourth-order valence-corrected chi connectivity index (χ4v) is 3.34. The predicted octanol–water partition coefficient (Wildman–Crippen LogP) is 4.90. The van der Waals surface area contributed by atoms with Crippen LogP contribution >= 0.6 is 22.9 Å². The van der Waals surface area contributed by atoms with E-state index < -0.39 is 0 Å². The highest BCUT2D eigenvalue weighted by molar-refractivity contribution is 7.11. The summed E-state index contributed by atoms with van der Waals surface area (Å²) in [5.41, 5.74) is 0.284. The third kappa shape index (κ3) is 3.81. The zero-order valence-corrected chi connectivity index (χ0v) is 11.5. The summed E-state index contributed by atoms with van der Waals surface area (Å²) in [5, 5.41) is 0. The van der Waals surface area contributed by atoms with E-state index in [1.165, 1.54) is 22.6 Å². The summed E-state index contributed by atoms with van der Waals surface area (Å²) in [4.78, 5) is 2.97. The number of hydrogen-bond donors (Lipinski definition) is 0. The molecule has 2 heteroatoms. The lowest BCUT2D eigenvalue weighted by atomic mass is 9.84. The lowest BCUT2D eigenvalue weighted by Gasteiger charge is -2.25. The van der Waals surface area contributed by atoms with Crippen molar-refractivity contribution < 1.29 is 0 Å². The van der Waals surface area contributed by atoms with Crippen molar-refractivity contribution in [3.63, 3.8) is 0 Å². The summed E-state index contributed by atoms with van der Waals surface area (Å²) < 4.78 is 0. The molecule has 0 radical (unpaired) electrons. The van der Waals surface area contributed by atoms with E-state index in [1.807, 2.05) is 11.3 Å². The van der Waals surface area contributed by atoms with Crippen LogP contribution in [-0.4, -0.2) is 5.88 Å². The summed E-state index contributed by atoms with van der Waals surface area (Å²) in [6.45, 7) is 6.74. The Morgan fingerprint density at radius 3 is 2.40 bits per heavy atom. The number of thiophene rings is 1. The van der Waals surface area contributed by atoms with Gasteiger partial charge in [-0.3, -0.25) is 0 Å². The Hall–Kier alpha value is -0.0100. The Labute approximate surface area is 103 Å². The Bertz CT molecular complexity index is 292. The van der Waals surface area contributed by atoms with Gasteiger partial charge in [0.15, 0.2) is 0 Å². The van der Waals surface area contributed by atoms with E-state index in [0.717, 1.165) is 18.7 Å². The molecular formula is C13H21ClS. The zero-order valence-electron chi connectivity index (χ0n) is 9.98. The van der Waals surface area contributed by atoms with Crippen LogP contribution in [0.1, 0.15) is 43.4 Å². The van der Waals surface area contributed by atoms with Crippen LogP contribution < -0.4 is 0 Å². The molecule has 0 amide bonds. The van der Waals surface area contributed by atoms with Gasteiger partial charge >= 0.3 is 0 Å².